The predicted octanol–water partition coefficient (Wildman–Crippen LogP) is 3.31. The van der Waals surface area contributed by atoms with Crippen LogP contribution in [0.4, 0.5) is 0 Å². The maximum Gasteiger partial charge on any atom is 0.0215 e. The molecule has 3 aliphatic rings. The van der Waals surface area contributed by atoms with E-state index < -0.39 is 0 Å². The number of hydrogen-bond donors (Lipinski definition) is 0. The van der Waals surface area contributed by atoms with Crippen LogP contribution in [0.1, 0.15) is 32.6 Å². The van der Waals surface area contributed by atoms with Crippen LogP contribution in [0.2, 0.25) is 0 Å². The second-order valence-corrected chi connectivity index (χ2v) is 4.21. The topological polar surface area (TPSA) is 0 Å². The molecule has 1 saturated carbocycles. The summed E-state index contributed by atoms with van der Waals surface area (Å²) in [6.45, 7) is 2.14. The molecule has 0 heterocycles. The fraction of sp³-hybridized carbons (Fsp3) is 0.538. The van der Waals surface area contributed by atoms with Gasteiger partial charge in [-0.05, 0) is 32.1 Å². The van der Waals surface area contributed by atoms with Crippen molar-refractivity contribution in [3.05, 3.63) is 23.8 Å². The van der Waals surface area contributed by atoms with Gasteiger partial charge in [-0.3, -0.25) is 0 Å². The molecule has 0 nitrogen and oxygen atoms in total. The Hall–Kier alpha value is -0.960. The number of allylic oxidation sites excluding steroid dienone is 4. The van der Waals surface area contributed by atoms with Crippen LogP contribution in [-0.4, -0.2) is 0 Å². The molecule has 0 aromatic heterocycles. The standard InChI is InChI=1S/C13H16/c1-3-7-13-8-5-11(6-9-13)10-12(13)4-2/h1,4-5,8,11H,6-7,9-10H2,2H3/b12-4+. The van der Waals surface area contributed by atoms with Gasteiger partial charge in [0.2, 0.25) is 0 Å². The summed E-state index contributed by atoms with van der Waals surface area (Å²) in [5.41, 5.74) is 1.82. The van der Waals surface area contributed by atoms with E-state index in [0.29, 0.717) is 0 Å². The lowest BCUT2D eigenvalue weighted by atomic mass is 9.61. The number of rotatable bonds is 1. The first-order valence-corrected chi connectivity index (χ1v) is 5.09. The van der Waals surface area contributed by atoms with E-state index in [4.69, 9.17) is 6.42 Å². The molecule has 3 rings (SSSR count). The molecule has 0 aliphatic heterocycles. The van der Waals surface area contributed by atoms with Gasteiger partial charge in [0.15, 0.2) is 0 Å². The molecule has 2 atom stereocenters. The molecule has 2 bridgehead atoms. The lowest BCUT2D eigenvalue weighted by Crippen LogP contribution is -2.31. The molecule has 0 amide bonds. The van der Waals surface area contributed by atoms with Crippen molar-refractivity contribution in [2.75, 3.05) is 0 Å². The second-order valence-electron chi connectivity index (χ2n) is 4.21. The van der Waals surface area contributed by atoms with Crippen LogP contribution in [0.3, 0.4) is 0 Å². The van der Waals surface area contributed by atoms with Gasteiger partial charge in [-0.2, -0.15) is 0 Å². The van der Waals surface area contributed by atoms with E-state index in [1.54, 1.807) is 5.57 Å². The van der Waals surface area contributed by atoms with Gasteiger partial charge < -0.3 is 0 Å². The van der Waals surface area contributed by atoms with Crippen molar-refractivity contribution in [1.29, 1.82) is 0 Å². The number of fused-ring (bicyclic) bond motifs is 2. The molecule has 0 aromatic carbocycles. The molecule has 0 N–H and O–H groups in total. The number of hydrogen-bond acceptors (Lipinski definition) is 0. The lowest BCUT2D eigenvalue weighted by molar-refractivity contribution is 0.289. The second kappa shape index (κ2) is 3.07. The Morgan fingerprint density at radius 3 is 3.15 bits per heavy atom. The van der Waals surface area contributed by atoms with E-state index in [0.717, 1.165) is 12.3 Å². The van der Waals surface area contributed by atoms with Crippen molar-refractivity contribution in [3.8, 4) is 12.3 Å². The molecule has 13 heavy (non-hydrogen) atoms. The summed E-state index contributed by atoms with van der Waals surface area (Å²) in [5, 5.41) is 0. The van der Waals surface area contributed by atoms with Crippen molar-refractivity contribution in [3.63, 3.8) is 0 Å². The summed E-state index contributed by atoms with van der Waals surface area (Å²) >= 11 is 0. The average Bonchev–Trinajstić information content (AvgIpc) is 2.19. The molecule has 68 valence electrons. The van der Waals surface area contributed by atoms with Crippen molar-refractivity contribution in [2.24, 2.45) is 11.3 Å². The molecule has 0 spiro atoms. The summed E-state index contributed by atoms with van der Waals surface area (Å²) in [6.07, 6.45) is 17.2. The van der Waals surface area contributed by atoms with Gasteiger partial charge in [-0.25, -0.2) is 0 Å². The van der Waals surface area contributed by atoms with E-state index in [1.165, 1.54) is 19.3 Å². The lowest BCUT2D eigenvalue weighted by Gasteiger charge is -2.43. The minimum atomic E-state index is 0.248. The molecule has 0 heteroatoms. The molecular weight excluding hydrogens is 156 g/mol. The smallest absolute Gasteiger partial charge is 0.0215 e. The van der Waals surface area contributed by atoms with Crippen LogP contribution in [-0.2, 0) is 0 Å². The monoisotopic (exact) mass is 172 g/mol. The molecule has 0 aromatic rings. The van der Waals surface area contributed by atoms with Gasteiger partial charge in [0, 0.05) is 11.8 Å². The highest BCUT2D eigenvalue weighted by molar-refractivity contribution is 5.32. The third kappa shape index (κ3) is 1.23. The summed E-state index contributed by atoms with van der Waals surface area (Å²) in [7, 11) is 0. The zero-order valence-corrected chi connectivity index (χ0v) is 8.22. The quantitative estimate of drug-likeness (QED) is 0.420. The third-order valence-corrected chi connectivity index (χ3v) is 3.54. The summed E-state index contributed by atoms with van der Waals surface area (Å²) in [6, 6.07) is 0. The Labute approximate surface area is 80.7 Å². The summed E-state index contributed by atoms with van der Waals surface area (Å²) in [4.78, 5) is 0. The molecule has 1 fully saturated rings. The predicted molar refractivity (Wildman–Crippen MR) is 56.1 cm³/mol. The van der Waals surface area contributed by atoms with Crippen LogP contribution in [0.5, 0.6) is 0 Å². The number of terminal acetylenes is 1. The fourth-order valence-corrected chi connectivity index (χ4v) is 2.71. The third-order valence-electron chi connectivity index (χ3n) is 3.54. The van der Waals surface area contributed by atoms with Crippen LogP contribution in [0.25, 0.3) is 0 Å². The van der Waals surface area contributed by atoms with E-state index in [9.17, 15) is 0 Å². The summed E-state index contributed by atoms with van der Waals surface area (Å²) in [5.74, 6) is 3.62. The largest absolute Gasteiger partial charge is 0.120 e. The highest BCUT2D eigenvalue weighted by atomic mass is 14.4. The van der Waals surface area contributed by atoms with Gasteiger partial charge in [0.1, 0.15) is 0 Å². The van der Waals surface area contributed by atoms with Crippen molar-refractivity contribution >= 4 is 0 Å². The van der Waals surface area contributed by atoms with Gasteiger partial charge in [0.25, 0.3) is 0 Å². The van der Waals surface area contributed by atoms with Crippen LogP contribution < -0.4 is 0 Å². The highest BCUT2D eigenvalue weighted by Crippen LogP contribution is 2.51. The highest BCUT2D eigenvalue weighted by Gasteiger charge is 2.39. The minimum Gasteiger partial charge on any atom is -0.120 e. The Balaban J connectivity index is 2.37. The molecule has 3 aliphatic carbocycles. The zero-order valence-electron chi connectivity index (χ0n) is 8.22. The van der Waals surface area contributed by atoms with Crippen molar-refractivity contribution in [1.82, 2.24) is 0 Å². The molecule has 0 radical (unpaired) electrons. The summed E-state index contributed by atoms with van der Waals surface area (Å²) < 4.78 is 0. The van der Waals surface area contributed by atoms with Crippen LogP contribution in [0, 0.1) is 23.7 Å². The normalized spacial score (nSPS) is 39.4. The van der Waals surface area contributed by atoms with E-state index in [1.807, 2.05) is 0 Å². The Morgan fingerprint density at radius 2 is 2.62 bits per heavy atom. The Bertz CT molecular complexity index is 300. The minimum absolute atomic E-state index is 0.248. The molecule has 2 unspecified atom stereocenters. The zero-order chi connectivity index (χ0) is 9.31. The first kappa shape index (κ1) is 8.63. The molecular formula is C13H16. The van der Waals surface area contributed by atoms with Crippen molar-refractivity contribution in [2.45, 2.75) is 32.6 Å². The van der Waals surface area contributed by atoms with Gasteiger partial charge in [-0.1, -0.05) is 23.8 Å². The van der Waals surface area contributed by atoms with Crippen molar-refractivity contribution < 1.29 is 0 Å². The van der Waals surface area contributed by atoms with Crippen LogP contribution in [0.15, 0.2) is 23.8 Å². The Kier molecular flexibility index (Phi) is 2.04. The van der Waals surface area contributed by atoms with Gasteiger partial charge >= 0.3 is 0 Å². The average molecular weight is 172 g/mol. The Morgan fingerprint density at radius 1 is 1.77 bits per heavy atom. The van der Waals surface area contributed by atoms with Gasteiger partial charge in [0.05, 0.1) is 0 Å². The van der Waals surface area contributed by atoms with Crippen LogP contribution >= 0.6 is 0 Å². The maximum atomic E-state index is 5.44. The SMILES string of the molecule is C#CCC12C=CC(CC1)C/C2=C\C. The maximum absolute atomic E-state index is 5.44. The molecule has 0 saturated heterocycles. The van der Waals surface area contributed by atoms with Gasteiger partial charge in [-0.15, -0.1) is 12.3 Å². The fourth-order valence-electron chi connectivity index (χ4n) is 2.71. The van der Waals surface area contributed by atoms with E-state index in [-0.39, 0.29) is 5.41 Å². The first-order chi connectivity index (χ1) is 6.30. The van der Waals surface area contributed by atoms with E-state index >= 15 is 0 Å². The van der Waals surface area contributed by atoms with E-state index in [2.05, 4.69) is 31.1 Å². The first-order valence-electron chi connectivity index (χ1n) is 5.09.